The maximum absolute atomic E-state index is 10.3. The molecule has 4 rings (SSSR count). The van der Waals surface area contributed by atoms with Crippen LogP contribution in [0.5, 0.6) is 0 Å². The summed E-state index contributed by atoms with van der Waals surface area (Å²) in [5.41, 5.74) is 7.60. The third kappa shape index (κ3) is 3.36. The second-order valence-corrected chi connectivity index (χ2v) is 6.91. The molecule has 3 aromatic rings. The van der Waals surface area contributed by atoms with Crippen molar-refractivity contribution in [2.75, 3.05) is 17.7 Å². The minimum atomic E-state index is -1.26. The topological polar surface area (TPSA) is 152 Å². The largest absolute Gasteiger partial charge is 0.394 e. The van der Waals surface area contributed by atoms with Crippen LogP contribution in [0.1, 0.15) is 11.8 Å². The molecule has 0 spiro atoms. The van der Waals surface area contributed by atoms with Gasteiger partial charge in [0.25, 0.3) is 0 Å². The molecule has 0 unspecified atom stereocenters. The number of halogens is 1. The van der Waals surface area contributed by atoms with E-state index in [1.54, 1.807) is 6.07 Å². The van der Waals surface area contributed by atoms with Gasteiger partial charge < -0.3 is 31.1 Å². The van der Waals surface area contributed by atoms with Gasteiger partial charge in [-0.2, -0.15) is 9.97 Å². The number of fused-ring (bicyclic) bond motifs is 1. The number of anilines is 2. The van der Waals surface area contributed by atoms with Gasteiger partial charge in [0.2, 0.25) is 5.95 Å². The van der Waals surface area contributed by atoms with Crippen LogP contribution in [0.4, 0.5) is 11.8 Å². The highest BCUT2D eigenvalue weighted by atomic mass is 35.5. The standard InChI is InChI=1S/C17H19ClN6O4/c18-9-3-1-2-8(4-9)5-20-17-22-14(19)11-15(23-17)24(7-21-11)16-13(27)12(26)10(6-25)28-16/h1-4,7,10,12-13,16,25-27H,5-6H2,(H3,19,20,22,23)/t10-,12-,13-,16-/m1/s1. The van der Waals surface area contributed by atoms with Crippen molar-refractivity contribution in [3.8, 4) is 0 Å². The van der Waals surface area contributed by atoms with Crippen LogP contribution in [0.15, 0.2) is 30.6 Å². The van der Waals surface area contributed by atoms with Crippen molar-refractivity contribution >= 4 is 34.5 Å². The molecular weight excluding hydrogens is 388 g/mol. The Morgan fingerprint density at radius 2 is 2.07 bits per heavy atom. The fourth-order valence-corrected chi connectivity index (χ4v) is 3.35. The lowest BCUT2D eigenvalue weighted by Gasteiger charge is -2.17. The number of hydrogen-bond donors (Lipinski definition) is 5. The van der Waals surface area contributed by atoms with Crippen LogP contribution in [0.2, 0.25) is 5.02 Å². The van der Waals surface area contributed by atoms with E-state index in [9.17, 15) is 15.3 Å². The molecule has 1 aromatic carbocycles. The van der Waals surface area contributed by atoms with Gasteiger partial charge in [-0.15, -0.1) is 0 Å². The quantitative estimate of drug-likeness (QED) is 0.402. The first-order valence-electron chi connectivity index (χ1n) is 8.58. The van der Waals surface area contributed by atoms with Crippen LogP contribution in [-0.4, -0.2) is 59.8 Å². The minimum absolute atomic E-state index is 0.157. The van der Waals surface area contributed by atoms with Gasteiger partial charge in [0.15, 0.2) is 17.7 Å². The van der Waals surface area contributed by atoms with Crippen molar-refractivity contribution in [1.29, 1.82) is 0 Å². The fraction of sp³-hybridized carbons (Fsp3) is 0.353. The van der Waals surface area contributed by atoms with Gasteiger partial charge in [-0.3, -0.25) is 4.57 Å². The lowest BCUT2D eigenvalue weighted by atomic mass is 10.1. The van der Waals surface area contributed by atoms with Crippen molar-refractivity contribution in [3.05, 3.63) is 41.2 Å². The molecule has 1 fully saturated rings. The Morgan fingerprint density at radius 3 is 2.79 bits per heavy atom. The maximum Gasteiger partial charge on any atom is 0.227 e. The number of aliphatic hydroxyl groups is 3. The molecule has 0 radical (unpaired) electrons. The monoisotopic (exact) mass is 406 g/mol. The number of ether oxygens (including phenoxy) is 1. The lowest BCUT2D eigenvalue weighted by Crippen LogP contribution is -2.33. The molecule has 28 heavy (non-hydrogen) atoms. The molecule has 2 aromatic heterocycles. The average molecular weight is 407 g/mol. The number of imidazole rings is 1. The molecule has 4 atom stereocenters. The summed E-state index contributed by atoms with van der Waals surface area (Å²) >= 11 is 5.99. The normalized spacial score (nSPS) is 24.7. The average Bonchev–Trinajstić information content (AvgIpc) is 3.22. The summed E-state index contributed by atoms with van der Waals surface area (Å²) in [6.07, 6.45) is -2.96. The molecule has 6 N–H and O–H groups in total. The van der Waals surface area contributed by atoms with Crippen LogP contribution >= 0.6 is 11.6 Å². The van der Waals surface area contributed by atoms with E-state index in [4.69, 9.17) is 22.1 Å². The number of hydrogen-bond acceptors (Lipinski definition) is 9. The van der Waals surface area contributed by atoms with E-state index in [2.05, 4.69) is 20.3 Å². The zero-order valence-electron chi connectivity index (χ0n) is 14.6. The summed E-state index contributed by atoms with van der Waals surface area (Å²) < 4.78 is 7.01. The van der Waals surface area contributed by atoms with E-state index in [0.717, 1.165) is 5.56 Å². The second-order valence-electron chi connectivity index (χ2n) is 6.47. The first-order chi connectivity index (χ1) is 13.5. The van der Waals surface area contributed by atoms with Crippen LogP contribution in [0, 0.1) is 0 Å². The van der Waals surface area contributed by atoms with Crippen LogP contribution < -0.4 is 11.1 Å². The van der Waals surface area contributed by atoms with Crippen LogP contribution in [0.3, 0.4) is 0 Å². The van der Waals surface area contributed by atoms with Gasteiger partial charge in [-0.25, -0.2) is 4.98 Å². The number of nitrogens with zero attached hydrogens (tertiary/aromatic N) is 4. The smallest absolute Gasteiger partial charge is 0.227 e. The predicted molar refractivity (Wildman–Crippen MR) is 102 cm³/mol. The van der Waals surface area contributed by atoms with Crippen molar-refractivity contribution in [1.82, 2.24) is 19.5 Å². The zero-order chi connectivity index (χ0) is 19.8. The Balaban J connectivity index is 1.63. The minimum Gasteiger partial charge on any atom is -0.394 e. The predicted octanol–water partition coefficient (Wildman–Crippen LogP) is 0.285. The van der Waals surface area contributed by atoms with Crippen molar-refractivity contribution in [2.24, 2.45) is 0 Å². The van der Waals surface area contributed by atoms with Crippen molar-refractivity contribution < 1.29 is 20.1 Å². The second kappa shape index (κ2) is 7.49. The van der Waals surface area contributed by atoms with E-state index in [1.165, 1.54) is 10.9 Å². The summed E-state index contributed by atoms with van der Waals surface area (Å²) in [6, 6.07) is 7.35. The first-order valence-corrected chi connectivity index (χ1v) is 8.96. The maximum atomic E-state index is 10.3. The van der Waals surface area contributed by atoms with Crippen LogP contribution in [0.25, 0.3) is 11.2 Å². The molecule has 10 nitrogen and oxygen atoms in total. The molecule has 0 aliphatic carbocycles. The highest BCUT2D eigenvalue weighted by Gasteiger charge is 2.44. The fourth-order valence-electron chi connectivity index (χ4n) is 3.14. The molecule has 0 saturated carbocycles. The Kier molecular flexibility index (Phi) is 5.04. The third-order valence-corrected chi connectivity index (χ3v) is 4.81. The van der Waals surface area contributed by atoms with E-state index >= 15 is 0 Å². The number of nitrogens with one attached hydrogen (secondary N) is 1. The van der Waals surface area contributed by atoms with E-state index < -0.39 is 31.1 Å². The Labute approximate surface area is 164 Å². The third-order valence-electron chi connectivity index (χ3n) is 4.58. The molecule has 0 bridgehead atoms. The van der Waals surface area contributed by atoms with Gasteiger partial charge in [-0.1, -0.05) is 23.7 Å². The van der Waals surface area contributed by atoms with E-state index in [0.29, 0.717) is 22.7 Å². The number of aliphatic hydroxyl groups excluding tert-OH is 3. The highest BCUT2D eigenvalue weighted by molar-refractivity contribution is 6.30. The van der Waals surface area contributed by atoms with Gasteiger partial charge in [0.05, 0.1) is 12.9 Å². The van der Waals surface area contributed by atoms with E-state index in [-0.39, 0.29) is 11.8 Å². The number of nitrogens with two attached hydrogens (primary N) is 1. The summed E-state index contributed by atoms with van der Waals surface area (Å²) in [5, 5.41) is 33.2. The van der Waals surface area contributed by atoms with Crippen molar-refractivity contribution in [2.45, 2.75) is 31.1 Å². The molecule has 3 heterocycles. The molecular formula is C17H19ClN6O4. The Bertz CT molecular complexity index is 999. The number of benzene rings is 1. The van der Waals surface area contributed by atoms with E-state index in [1.807, 2.05) is 18.2 Å². The zero-order valence-corrected chi connectivity index (χ0v) is 15.4. The number of aromatic nitrogens is 4. The molecule has 1 aliphatic heterocycles. The molecule has 0 amide bonds. The van der Waals surface area contributed by atoms with Gasteiger partial charge in [0, 0.05) is 11.6 Å². The number of rotatable bonds is 5. The Morgan fingerprint density at radius 1 is 1.25 bits per heavy atom. The molecule has 11 heteroatoms. The summed E-state index contributed by atoms with van der Waals surface area (Å²) in [6.45, 7) is -0.00157. The first kappa shape index (κ1) is 18.8. The molecule has 1 aliphatic rings. The SMILES string of the molecule is Nc1nc(NCc2cccc(Cl)c2)nc2c1ncn2[C@@H]1O[C@H](CO)[C@@H](O)[C@H]1O. The summed E-state index contributed by atoms with van der Waals surface area (Å²) in [4.78, 5) is 12.8. The molecule has 148 valence electrons. The molecule has 1 saturated heterocycles. The summed E-state index contributed by atoms with van der Waals surface area (Å²) in [7, 11) is 0. The van der Waals surface area contributed by atoms with Gasteiger partial charge >= 0.3 is 0 Å². The Hall–Kier alpha value is -2.50. The highest BCUT2D eigenvalue weighted by Crippen LogP contribution is 2.32. The van der Waals surface area contributed by atoms with Gasteiger partial charge in [-0.05, 0) is 17.7 Å². The van der Waals surface area contributed by atoms with Crippen LogP contribution in [-0.2, 0) is 11.3 Å². The lowest BCUT2D eigenvalue weighted by molar-refractivity contribution is -0.0511. The van der Waals surface area contributed by atoms with Crippen molar-refractivity contribution in [3.63, 3.8) is 0 Å². The van der Waals surface area contributed by atoms with Gasteiger partial charge in [0.1, 0.15) is 23.8 Å². The summed E-state index contributed by atoms with van der Waals surface area (Å²) in [5.74, 6) is 0.419. The number of nitrogen functional groups attached to an aromatic ring is 1.